The highest BCUT2D eigenvalue weighted by molar-refractivity contribution is 5.81. The number of carbonyl (C=O) groups excluding carboxylic acids is 1. The van der Waals surface area contributed by atoms with Crippen molar-refractivity contribution in [2.75, 3.05) is 13.2 Å². The molecule has 3 rings (SSSR count). The van der Waals surface area contributed by atoms with Crippen molar-refractivity contribution in [3.05, 3.63) is 66.6 Å². The molecule has 3 aromatic rings. The van der Waals surface area contributed by atoms with Gasteiger partial charge in [-0.15, -0.1) is 0 Å². The van der Waals surface area contributed by atoms with Crippen molar-refractivity contribution >= 4 is 6.09 Å². The Morgan fingerprint density at radius 3 is 2.43 bits per heavy atom. The lowest BCUT2D eigenvalue weighted by Gasteiger charge is -2.17. The standard InChI is InChI=1S/C23H27N3O2/c1-23(2,3)16-28-22(27)24-14-13-21-25-15-20(26-21)19-12-8-7-11-18(19)17-9-5-4-6-10-17/h4-12,15H,13-14,16H2,1-3H3,(H,24,27)(H,25,26). The molecule has 0 saturated heterocycles. The fourth-order valence-corrected chi connectivity index (χ4v) is 2.82. The molecule has 1 amide bonds. The predicted molar refractivity (Wildman–Crippen MR) is 112 cm³/mol. The number of rotatable bonds is 6. The Bertz CT molecular complexity index is 911. The van der Waals surface area contributed by atoms with E-state index in [0.29, 0.717) is 19.6 Å². The molecular formula is C23H27N3O2. The topological polar surface area (TPSA) is 67.0 Å². The molecule has 2 aromatic carbocycles. The van der Waals surface area contributed by atoms with Gasteiger partial charge in [-0.2, -0.15) is 0 Å². The van der Waals surface area contributed by atoms with Crippen LogP contribution in [0, 0.1) is 5.41 Å². The van der Waals surface area contributed by atoms with E-state index < -0.39 is 6.09 Å². The summed E-state index contributed by atoms with van der Waals surface area (Å²) >= 11 is 0. The van der Waals surface area contributed by atoms with E-state index in [1.165, 1.54) is 0 Å². The van der Waals surface area contributed by atoms with Crippen LogP contribution in [0.5, 0.6) is 0 Å². The molecule has 5 nitrogen and oxygen atoms in total. The molecule has 0 radical (unpaired) electrons. The van der Waals surface area contributed by atoms with Gasteiger partial charge in [0.05, 0.1) is 12.3 Å². The van der Waals surface area contributed by atoms with Gasteiger partial charge >= 0.3 is 6.09 Å². The third kappa shape index (κ3) is 5.46. The van der Waals surface area contributed by atoms with Gasteiger partial charge in [0.2, 0.25) is 0 Å². The number of nitrogens with zero attached hydrogens (tertiary/aromatic N) is 1. The van der Waals surface area contributed by atoms with Crippen molar-refractivity contribution in [2.24, 2.45) is 5.41 Å². The van der Waals surface area contributed by atoms with Gasteiger partial charge in [-0.25, -0.2) is 9.78 Å². The zero-order valence-electron chi connectivity index (χ0n) is 16.7. The van der Waals surface area contributed by atoms with Gasteiger partial charge in [-0.05, 0) is 16.5 Å². The number of ether oxygens (including phenoxy) is 1. The molecule has 0 aliphatic rings. The second-order valence-corrected chi connectivity index (χ2v) is 7.96. The highest BCUT2D eigenvalue weighted by atomic mass is 16.5. The van der Waals surface area contributed by atoms with Gasteiger partial charge < -0.3 is 15.0 Å². The maximum atomic E-state index is 11.7. The van der Waals surface area contributed by atoms with E-state index in [1.807, 2.05) is 57.3 Å². The quantitative estimate of drug-likeness (QED) is 0.631. The summed E-state index contributed by atoms with van der Waals surface area (Å²) in [5.41, 5.74) is 4.23. The Balaban J connectivity index is 1.62. The Labute approximate surface area is 166 Å². The van der Waals surface area contributed by atoms with Crippen LogP contribution in [0.25, 0.3) is 22.4 Å². The molecule has 5 heteroatoms. The molecule has 0 aliphatic heterocycles. The summed E-state index contributed by atoms with van der Waals surface area (Å²) < 4.78 is 5.20. The minimum Gasteiger partial charge on any atom is -0.449 e. The summed E-state index contributed by atoms with van der Waals surface area (Å²) in [4.78, 5) is 19.7. The summed E-state index contributed by atoms with van der Waals surface area (Å²) in [6.07, 6.45) is 2.13. The van der Waals surface area contributed by atoms with Gasteiger partial charge in [0, 0.05) is 24.7 Å². The number of carbonyl (C=O) groups is 1. The molecule has 2 N–H and O–H groups in total. The molecular weight excluding hydrogens is 350 g/mol. The van der Waals surface area contributed by atoms with Crippen molar-refractivity contribution in [1.29, 1.82) is 0 Å². The average molecular weight is 377 g/mol. The van der Waals surface area contributed by atoms with Crippen LogP contribution in [0.4, 0.5) is 4.79 Å². The smallest absolute Gasteiger partial charge is 0.407 e. The van der Waals surface area contributed by atoms with Gasteiger partial charge in [-0.1, -0.05) is 75.4 Å². The van der Waals surface area contributed by atoms with Crippen LogP contribution in [0.1, 0.15) is 26.6 Å². The Morgan fingerprint density at radius 1 is 1.04 bits per heavy atom. The largest absolute Gasteiger partial charge is 0.449 e. The van der Waals surface area contributed by atoms with Crippen LogP contribution in [0.3, 0.4) is 0 Å². The minimum absolute atomic E-state index is 0.0423. The number of aromatic nitrogens is 2. The molecule has 0 bridgehead atoms. The number of amides is 1. The Kier molecular flexibility index (Phi) is 6.14. The molecule has 0 unspecified atom stereocenters. The minimum atomic E-state index is -0.392. The zero-order chi connectivity index (χ0) is 20.0. The molecule has 1 heterocycles. The summed E-state index contributed by atoms with van der Waals surface area (Å²) in [7, 11) is 0. The molecule has 146 valence electrons. The van der Waals surface area contributed by atoms with Crippen molar-refractivity contribution in [3.8, 4) is 22.4 Å². The van der Waals surface area contributed by atoms with Crippen LogP contribution >= 0.6 is 0 Å². The molecule has 0 saturated carbocycles. The van der Waals surface area contributed by atoms with E-state index in [0.717, 1.165) is 28.2 Å². The van der Waals surface area contributed by atoms with Crippen molar-refractivity contribution in [1.82, 2.24) is 15.3 Å². The van der Waals surface area contributed by atoms with E-state index >= 15 is 0 Å². The van der Waals surface area contributed by atoms with Gasteiger partial charge in [0.25, 0.3) is 0 Å². The number of nitrogens with one attached hydrogen (secondary N) is 2. The van der Waals surface area contributed by atoms with Crippen LogP contribution in [-0.4, -0.2) is 29.2 Å². The lowest BCUT2D eigenvalue weighted by atomic mass is 9.98. The maximum absolute atomic E-state index is 11.7. The van der Waals surface area contributed by atoms with Crippen molar-refractivity contribution in [2.45, 2.75) is 27.2 Å². The van der Waals surface area contributed by atoms with Gasteiger partial charge in [0.1, 0.15) is 5.82 Å². The second kappa shape index (κ2) is 8.74. The maximum Gasteiger partial charge on any atom is 0.407 e. The summed E-state index contributed by atoms with van der Waals surface area (Å²) in [6.45, 7) is 6.93. The van der Waals surface area contributed by atoms with E-state index in [4.69, 9.17) is 9.72 Å². The third-order valence-electron chi connectivity index (χ3n) is 4.19. The third-order valence-corrected chi connectivity index (χ3v) is 4.19. The summed E-state index contributed by atoms with van der Waals surface area (Å²) in [5, 5.41) is 2.77. The normalized spacial score (nSPS) is 11.2. The number of hydrogen-bond acceptors (Lipinski definition) is 3. The lowest BCUT2D eigenvalue weighted by Crippen LogP contribution is -2.29. The number of alkyl carbamates (subject to hydrolysis) is 1. The Morgan fingerprint density at radius 2 is 1.71 bits per heavy atom. The van der Waals surface area contributed by atoms with Crippen LogP contribution in [0.15, 0.2) is 60.8 Å². The molecule has 0 fully saturated rings. The van der Waals surface area contributed by atoms with Crippen molar-refractivity contribution in [3.63, 3.8) is 0 Å². The average Bonchev–Trinajstić information content (AvgIpc) is 3.15. The molecule has 28 heavy (non-hydrogen) atoms. The molecule has 0 aliphatic carbocycles. The van der Waals surface area contributed by atoms with Crippen LogP contribution in [-0.2, 0) is 11.2 Å². The molecule has 1 aromatic heterocycles. The van der Waals surface area contributed by atoms with Gasteiger partial charge in [-0.3, -0.25) is 0 Å². The Hall–Kier alpha value is -3.08. The fourth-order valence-electron chi connectivity index (χ4n) is 2.82. The predicted octanol–water partition coefficient (Wildman–Crippen LogP) is 5.06. The number of benzene rings is 2. The first-order chi connectivity index (χ1) is 13.4. The SMILES string of the molecule is CC(C)(C)COC(=O)NCCc1nc(-c2ccccc2-c2ccccc2)c[nH]1. The van der Waals surface area contributed by atoms with Crippen LogP contribution < -0.4 is 5.32 Å². The summed E-state index contributed by atoms with van der Waals surface area (Å²) in [6, 6.07) is 18.5. The lowest BCUT2D eigenvalue weighted by molar-refractivity contribution is 0.106. The first kappa shape index (κ1) is 19.7. The zero-order valence-corrected chi connectivity index (χ0v) is 16.7. The van der Waals surface area contributed by atoms with Crippen LogP contribution in [0.2, 0.25) is 0 Å². The first-order valence-corrected chi connectivity index (χ1v) is 9.52. The van der Waals surface area contributed by atoms with E-state index in [9.17, 15) is 4.79 Å². The highest BCUT2D eigenvalue weighted by Crippen LogP contribution is 2.30. The first-order valence-electron chi connectivity index (χ1n) is 9.52. The summed E-state index contributed by atoms with van der Waals surface area (Å²) in [5.74, 6) is 0.828. The second-order valence-electron chi connectivity index (χ2n) is 7.96. The van der Waals surface area contributed by atoms with Crippen molar-refractivity contribution < 1.29 is 9.53 Å². The molecule has 0 spiro atoms. The van der Waals surface area contributed by atoms with Gasteiger partial charge in [0.15, 0.2) is 0 Å². The molecule has 0 atom stereocenters. The van der Waals surface area contributed by atoms with E-state index in [-0.39, 0.29) is 5.41 Å². The monoisotopic (exact) mass is 377 g/mol. The number of hydrogen-bond donors (Lipinski definition) is 2. The number of imidazole rings is 1. The fraction of sp³-hybridized carbons (Fsp3) is 0.304. The van der Waals surface area contributed by atoms with E-state index in [1.54, 1.807) is 0 Å². The van der Waals surface area contributed by atoms with E-state index in [2.05, 4.69) is 34.6 Å². The highest BCUT2D eigenvalue weighted by Gasteiger charge is 2.14. The number of H-pyrrole nitrogens is 1. The number of aromatic amines is 1.